The maximum atomic E-state index is 13.1. The van der Waals surface area contributed by atoms with Gasteiger partial charge >= 0.3 is 0 Å². The number of carbonyl (C=O) groups excluding carboxylic acids is 1. The molecule has 1 fully saturated rings. The number of aryl methyl sites for hydroxylation is 1. The van der Waals surface area contributed by atoms with Gasteiger partial charge in [0.05, 0.1) is 29.7 Å². The number of aromatic nitrogens is 4. The van der Waals surface area contributed by atoms with E-state index in [4.69, 9.17) is 5.26 Å². The molecule has 8 nitrogen and oxygen atoms in total. The van der Waals surface area contributed by atoms with Crippen molar-refractivity contribution in [3.05, 3.63) is 54.0 Å². The number of carbonyl (C=O) groups is 1. The summed E-state index contributed by atoms with van der Waals surface area (Å²) in [7, 11) is 0. The number of rotatable bonds is 6. The van der Waals surface area contributed by atoms with E-state index in [0.717, 1.165) is 11.1 Å². The van der Waals surface area contributed by atoms with Crippen molar-refractivity contribution in [3.8, 4) is 17.3 Å². The molecule has 0 saturated heterocycles. The number of amides is 1. The monoisotopic (exact) mass is 423 g/mol. The Morgan fingerprint density at radius 1 is 1.29 bits per heavy atom. The maximum absolute atomic E-state index is 13.1. The molecule has 31 heavy (non-hydrogen) atoms. The van der Waals surface area contributed by atoms with E-state index in [-0.39, 0.29) is 31.3 Å². The van der Waals surface area contributed by atoms with E-state index >= 15 is 0 Å². The van der Waals surface area contributed by atoms with Crippen LogP contribution in [-0.4, -0.2) is 38.1 Å². The van der Waals surface area contributed by atoms with Gasteiger partial charge in [-0.2, -0.15) is 10.4 Å². The molecule has 0 aliphatic heterocycles. The van der Waals surface area contributed by atoms with Crippen LogP contribution in [0.1, 0.15) is 34.8 Å². The van der Waals surface area contributed by atoms with Crippen LogP contribution in [0.3, 0.4) is 0 Å². The highest BCUT2D eigenvalue weighted by molar-refractivity contribution is 5.94. The summed E-state index contributed by atoms with van der Waals surface area (Å²) in [6.45, 7) is 1.82. The van der Waals surface area contributed by atoms with Crippen molar-refractivity contribution >= 4 is 17.5 Å². The molecule has 3 aromatic rings. The molecule has 2 N–H and O–H groups in total. The van der Waals surface area contributed by atoms with E-state index in [1.165, 1.54) is 4.68 Å². The lowest BCUT2D eigenvalue weighted by Gasteiger charge is -2.34. The molecule has 10 heteroatoms. The molecule has 1 aliphatic carbocycles. The summed E-state index contributed by atoms with van der Waals surface area (Å²) in [6.07, 6.45) is 4.48. The molecule has 2 heterocycles. The third kappa shape index (κ3) is 4.50. The Kier molecular flexibility index (Phi) is 5.33. The highest BCUT2D eigenvalue weighted by atomic mass is 19.3. The molecule has 0 radical (unpaired) electrons. The molecular weight excluding hydrogens is 404 g/mol. The second-order valence-corrected chi connectivity index (χ2v) is 7.40. The normalized spacial score (nSPS) is 15.0. The second-order valence-electron chi connectivity index (χ2n) is 7.40. The number of benzene rings is 1. The van der Waals surface area contributed by atoms with E-state index in [1.807, 2.05) is 13.0 Å². The SMILES string of the molecule is Cc1cnc(Nc2cnn(C3CC(F)(F)C3)c2)nc1-c1ccc(C(=O)NCC#N)cc1. The largest absolute Gasteiger partial charge is 0.339 e. The van der Waals surface area contributed by atoms with Gasteiger partial charge in [-0.05, 0) is 24.6 Å². The molecule has 0 unspecified atom stereocenters. The zero-order valence-electron chi connectivity index (χ0n) is 16.6. The highest BCUT2D eigenvalue weighted by Gasteiger charge is 2.46. The first kappa shape index (κ1) is 20.4. The molecule has 2 aromatic heterocycles. The summed E-state index contributed by atoms with van der Waals surface area (Å²) in [4.78, 5) is 20.8. The second kappa shape index (κ2) is 8.10. The number of nitrogens with one attached hydrogen (secondary N) is 2. The van der Waals surface area contributed by atoms with Gasteiger partial charge in [0.25, 0.3) is 11.8 Å². The van der Waals surface area contributed by atoms with Crippen LogP contribution in [0, 0.1) is 18.3 Å². The molecule has 4 rings (SSSR count). The number of anilines is 2. The minimum Gasteiger partial charge on any atom is -0.339 e. The van der Waals surface area contributed by atoms with E-state index in [9.17, 15) is 13.6 Å². The zero-order valence-corrected chi connectivity index (χ0v) is 16.6. The van der Waals surface area contributed by atoms with Crippen molar-refractivity contribution in [3.63, 3.8) is 0 Å². The lowest BCUT2D eigenvalue weighted by atomic mass is 9.88. The van der Waals surface area contributed by atoms with Crippen molar-refractivity contribution in [2.75, 3.05) is 11.9 Å². The van der Waals surface area contributed by atoms with Crippen molar-refractivity contribution in [1.82, 2.24) is 25.1 Å². The fraction of sp³-hybridized carbons (Fsp3) is 0.286. The lowest BCUT2D eigenvalue weighted by Crippen LogP contribution is -2.37. The number of nitrogens with zero attached hydrogens (tertiary/aromatic N) is 5. The Balaban J connectivity index is 1.48. The summed E-state index contributed by atoms with van der Waals surface area (Å²) in [5.74, 6) is -2.59. The molecule has 1 aliphatic rings. The number of nitriles is 1. The first-order chi connectivity index (χ1) is 14.8. The molecule has 1 aromatic carbocycles. The van der Waals surface area contributed by atoms with Crippen LogP contribution < -0.4 is 10.6 Å². The summed E-state index contributed by atoms with van der Waals surface area (Å²) in [5, 5.41) is 18.3. The fourth-order valence-corrected chi connectivity index (χ4v) is 3.34. The van der Waals surface area contributed by atoms with Crippen LogP contribution >= 0.6 is 0 Å². The van der Waals surface area contributed by atoms with Crippen LogP contribution in [0.15, 0.2) is 42.9 Å². The average Bonchev–Trinajstić information content (AvgIpc) is 3.20. The quantitative estimate of drug-likeness (QED) is 0.587. The third-order valence-corrected chi connectivity index (χ3v) is 5.02. The maximum Gasteiger partial charge on any atom is 0.252 e. The van der Waals surface area contributed by atoms with Gasteiger partial charge in [-0.25, -0.2) is 18.7 Å². The molecule has 0 spiro atoms. The van der Waals surface area contributed by atoms with Crippen molar-refractivity contribution in [2.24, 2.45) is 0 Å². The van der Waals surface area contributed by atoms with Crippen LogP contribution in [0.4, 0.5) is 20.4 Å². The Morgan fingerprint density at radius 3 is 2.71 bits per heavy atom. The molecular formula is C21H19F2N7O. The fourth-order valence-electron chi connectivity index (χ4n) is 3.34. The van der Waals surface area contributed by atoms with Gasteiger partial charge in [0, 0.05) is 36.4 Å². The number of halogens is 2. The predicted molar refractivity (Wildman–Crippen MR) is 109 cm³/mol. The van der Waals surface area contributed by atoms with E-state index in [1.54, 1.807) is 42.9 Å². The third-order valence-electron chi connectivity index (χ3n) is 5.02. The molecule has 1 saturated carbocycles. The topological polar surface area (TPSA) is 109 Å². The van der Waals surface area contributed by atoms with Crippen molar-refractivity contribution in [1.29, 1.82) is 5.26 Å². The van der Waals surface area contributed by atoms with Gasteiger partial charge in [-0.1, -0.05) is 12.1 Å². The lowest BCUT2D eigenvalue weighted by molar-refractivity contribution is -0.106. The molecule has 1 amide bonds. The Bertz CT molecular complexity index is 1140. The summed E-state index contributed by atoms with van der Waals surface area (Å²) < 4.78 is 27.7. The Hall–Kier alpha value is -3.87. The minimum absolute atomic E-state index is 0.0552. The van der Waals surface area contributed by atoms with Crippen LogP contribution in [0.2, 0.25) is 0 Å². The van der Waals surface area contributed by atoms with Crippen LogP contribution in [0.5, 0.6) is 0 Å². The van der Waals surface area contributed by atoms with Gasteiger partial charge in [-0.3, -0.25) is 9.48 Å². The van der Waals surface area contributed by atoms with E-state index in [2.05, 4.69) is 25.7 Å². The number of hydrogen-bond donors (Lipinski definition) is 2. The van der Waals surface area contributed by atoms with Crippen molar-refractivity contribution < 1.29 is 13.6 Å². The van der Waals surface area contributed by atoms with Gasteiger partial charge < -0.3 is 10.6 Å². The van der Waals surface area contributed by atoms with Gasteiger partial charge in [0.15, 0.2) is 0 Å². The molecule has 158 valence electrons. The van der Waals surface area contributed by atoms with Gasteiger partial charge in [0.2, 0.25) is 5.95 Å². The summed E-state index contributed by atoms with van der Waals surface area (Å²) in [6, 6.07) is 8.43. The van der Waals surface area contributed by atoms with Crippen molar-refractivity contribution in [2.45, 2.75) is 31.7 Å². The number of hydrogen-bond acceptors (Lipinski definition) is 6. The molecule has 0 bridgehead atoms. The zero-order chi connectivity index (χ0) is 22.0. The van der Waals surface area contributed by atoms with Crippen LogP contribution in [0.25, 0.3) is 11.3 Å². The van der Waals surface area contributed by atoms with E-state index in [0.29, 0.717) is 22.9 Å². The summed E-state index contributed by atoms with van der Waals surface area (Å²) in [5.41, 5.74) is 3.38. The first-order valence-electron chi connectivity index (χ1n) is 9.63. The predicted octanol–water partition coefficient (Wildman–Crippen LogP) is 3.62. The van der Waals surface area contributed by atoms with E-state index < -0.39 is 5.92 Å². The number of alkyl halides is 2. The highest BCUT2D eigenvalue weighted by Crippen LogP contribution is 2.45. The van der Waals surface area contributed by atoms with Gasteiger partial charge in [0.1, 0.15) is 6.54 Å². The first-order valence-corrected chi connectivity index (χ1v) is 9.63. The summed E-state index contributed by atoms with van der Waals surface area (Å²) >= 11 is 0. The minimum atomic E-state index is -2.61. The van der Waals surface area contributed by atoms with Gasteiger partial charge in [-0.15, -0.1) is 0 Å². The van der Waals surface area contributed by atoms with Crippen LogP contribution in [-0.2, 0) is 0 Å². The smallest absolute Gasteiger partial charge is 0.252 e. The molecule has 0 atom stereocenters. The Morgan fingerprint density at radius 2 is 2.03 bits per heavy atom. The standard InChI is InChI=1S/C21H19F2N7O/c1-13-10-26-20(28-16-11-27-30(12-16)17-8-21(22,23)9-17)29-18(13)14-2-4-15(5-3-14)19(31)25-7-6-24/h2-5,10-12,17H,7-9H2,1H3,(H,25,31)(H,26,28,29). The average molecular weight is 423 g/mol. The Labute approximate surface area is 176 Å².